The lowest BCUT2D eigenvalue weighted by Crippen LogP contribution is -2.25. The van der Waals surface area contributed by atoms with E-state index in [4.69, 9.17) is 11.4 Å². The predicted octanol–water partition coefficient (Wildman–Crippen LogP) is 1.000. The molecule has 0 aromatic rings. The SMILES string of the molecule is [C-]#[N+]CCC(=O)NOCC(C)C. The van der Waals surface area contributed by atoms with Crippen molar-refractivity contribution in [3.8, 4) is 0 Å². The van der Waals surface area contributed by atoms with Crippen LogP contribution in [0.15, 0.2) is 0 Å². The Hall–Kier alpha value is -1.08. The number of amides is 1. The first-order valence-electron chi connectivity index (χ1n) is 3.90. The van der Waals surface area contributed by atoms with Crippen LogP contribution in [0, 0.1) is 12.5 Å². The largest absolute Gasteiger partial charge is 0.316 e. The van der Waals surface area contributed by atoms with Crippen molar-refractivity contribution in [1.82, 2.24) is 5.48 Å². The molecule has 0 radical (unpaired) electrons. The highest BCUT2D eigenvalue weighted by atomic mass is 16.6. The van der Waals surface area contributed by atoms with Gasteiger partial charge in [0.1, 0.15) is 6.42 Å². The van der Waals surface area contributed by atoms with Gasteiger partial charge in [-0.1, -0.05) is 13.8 Å². The van der Waals surface area contributed by atoms with Gasteiger partial charge in [-0.15, -0.1) is 0 Å². The van der Waals surface area contributed by atoms with Crippen LogP contribution in [0.4, 0.5) is 0 Å². The third kappa shape index (κ3) is 7.03. The van der Waals surface area contributed by atoms with E-state index in [9.17, 15) is 4.79 Å². The molecule has 0 saturated heterocycles. The molecule has 0 spiro atoms. The maximum Gasteiger partial charge on any atom is 0.251 e. The number of hydrogen-bond acceptors (Lipinski definition) is 2. The highest BCUT2D eigenvalue weighted by Crippen LogP contribution is 1.90. The Morgan fingerprint density at radius 2 is 2.33 bits per heavy atom. The van der Waals surface area contributed by atoms with Crippen molar-refractivity contribution < 1.29 is 9.63 Å². The number of hydrogen-bond donors (Lipinski definition) is 1. The molecular formula is C8H14N2O2. The maximum absolute atomic E-state index is 10.8. The molecule has 0 bridgehead atoms. The maximum atomic E-state index is 10.8. The first-order valence-corrected chi connectivity index (χ1v) is 3.90. The summed E-state index contributed by atoms with van der Waals surface area (Å²) in [5.41, 5.74) is 2.27. The second-order valence-corrected chi connectivity index (χ2v) is 2.86. The molecule has 1 amide bonds. The van der Waals surface area contributed by atoms with E-state index in [2.05, 4.69) is 10.3 Å². The van der Waals surface area contributed by atoms with Gasteiger partial charge < -0.3 is 4.85 Å². The molecule has 4 heteroatoms. The van der Waals surface area contributed by atoms with Gasteiger partial charge in [-0.25, -0.2) is 12.1 Å². The van der Waals surface area contributed by atoms with Crippen LogP contribution in [0.5, 0.6) is 0 Å². The quantitative estimate of drug-likeness (QED) is 0.494. The Morgan fingerprint density at radius 3 is 2.83 bits per heavy atom. The van der Waals surface area contributed by atoms with Crippen LogP contribution in [0.1, 0.15) is 20.3 Å². The first-order chi connectivity index (χ1) is 5.66. The third-order valence-corrected chi connectivity index (χ3v) is 1.05. The molecule has 0 fully saturated rings. The van der Waals surface area contributed by atoms with Crippen molar-refractivity contribution >= 4 is 5.91 Å². The van der Waals surface area contributed by atoms with E-state index in [0.717, 1.165) is 0 Å². The van der Waals surface area contributed by atoms with Gasteiger partial charge in [0.15, 0.2) is 0 Å². The molecule has 0 aliphatic carbocycles. The number of nitrogens with one attached hydrogen (secondary N) is 1. The molecule has 0 atom stereocenters. The summed E-state index contributed by atoms with van der Waals surface area (Å²) in [6.45, 7) is 11.2. The predicted molar refractivity (Wildman–Crippen MR) is 45.0 cm³/mol. The van der Waals surface area contributed by atoms with Crippen molar-refractivity contribution in [2.24, 2.45) is 5.92 Å². The van der Waals surface area contributed by atoms with E-state index in [-0.39, 0.29) is 18.9 Å². The second-order valence-electron chi connectivity index (χ2n) is 2.86. The van der Waals surface area contributed by atoms with E-state index in [1.54, 1.807) is 0 Å². The van der Waals surface area contributed by atoms with Gasteiger partial charge in [0.2, 0.25) is 6.54 Å². The minimum absolute atomic E-state index is 0.210. The summed E-state index contributed by atoms with van der Waals surface area (Å²) in [4.78, 5) is 18.7. The minimum atomic E-state index is -0.230. The standard InChI is InChI=1S/C8H14N2O2/c1-7(2)6-12-10-8(11)4-5-9-3/h7H,4-6H2,1-2H3,(H,10,11). The van der Waals surface area contributed by atoms with Crippen LogP contribution < -0.4 is 5.48 Å². The normalized spacial score (nSPS) is 9.50. The van der Waals surface area contributed by atoms with Gasteiger partial charge in [0, 0.05) is 0 Å². The zero-order valence-corrected chi connectivity index (χ0v) is 7.46. The van der Waals surface area contributed by atoms with Crippen molar-refractivity contribution in [3.05, 3.63) is 11.4 Å². The summed E-state index contributed by atoms with van der Waals surface area (Å²) >= 11 is 0. The van der Waals surface area contributed by atoms with Gasteiger partial charge in [0.05, 0.1) is 6.61 Å². The number of carbonyl (C=O) groups is 1. The highest BCUT2D eigenvalue weighted by molar-refractivity contribution is 5.75. The average molecular weight is 170 g/mol. The van der Waals surface area contributed by atoms with Gasteiger partial charge >= 0.3 is 0 Å². The van der Waals surface area contributed by atoms with Crippen LogP contribution in [0.2, 0.25) is 0 Å². The molecular weight excluding hydrogens is 156 g/mol. The molecule has 0 saturated carbocycles. The molecule has 68 valence electrons. The van der Waals surface area contributed by atoms with Crippen LogP contribution >= 0.6 is 0 Å². The van der Waals surface area contributed by atoms with Crippen LogP contribution in [-0.4, -0.2) is 19.1 Å². The van der Waals surface area contributed by atoms with Crippen LogP contribution in [0.25, 0.3) is 4.85 Å². The Bertz CT molecular complexity index is 172. The highest BCUT2D eigenvalue weighted by Gasteiger charge is 2.02. The Kier molecular flexibility index (Phi) is 6.02. The molecule has 0 rings (SSSR count). The zero-order valence-electron chi connectivity index (χ0n) is 7.46. The van der Waals surface area contributed by atoms with E-state index < -0.39 is 0 Å². The monoisotopic (exact) mass is 170 g/mol. The molecule has 0 aromatic heterocycles. The molecule has 0 unspecified atom stereocenters. The summed E-state index contributed by atoms with van der Waals surface area (Å²) in [7, 11) is 0. The van der Waals surface area contributed by atoms with Crippen molar-refractivity contribution in [3.63, 3.8) is 0 Å². The number of carbonyl (C=O) groups excluding carboxylic acids is 1. The Morgan fingerprint density at radius 1 is 1.67 bits per heavy atom. The summed E-state index contributed by atoms with van der Waals surface area (Å²) in [6, 6.07) is 0. The topological polar surface area (TPSA) is 42.7 Å². The number of nitrogens with zero attached hydrogens (tertiary/aromatic N) is 1. The molecule has 4 nitrogen and oxygen atoms in total. The lowest BCUT2D eigenvalue weighted by atomic mass is 10.2. The minimum Gasteiger partial charge on any atom is -0.316 e. The Balaban J connectivity index is 3.27. The summed E-state index contributed by atoms with van der Waals surface area (Å²) < 4.78 is 0. The molecule has 0 aliphatic rings. The van der Waals surface area contributed by atoms with Crippen molar-refractivity contribution in [2.75, 3.05) is 13.2 Å². The van der Waals surface area contributed by atoms with Crippen LogP contribution in [-0.2, 0) is 9.63 Å². The molecule has 0 heterocycles. The fourth-order valence-electron chi connectivity index (χ4n) is 0.497. The Labute approximate surface area is 72.7 Å². The van der Waals surface area contributed by atoms with Crippen molar-refractivity contribution in [1.29, 1.82) is 0 Å². The first kappa shape index (κ1) is 10.9. The summed E-state index contributed by atoms with van der Waals surface area (Å²) in [5.74, 6) is 0.165. The van der Waals surface area contributed by atoms with Gasteiger partial charge in [-0.3, -0.25) is 9.63 Å². The zero-order chi connectivity index (χ0) is 9.40. The fraction of sp³-hybridized carbons (Fsp3) is 0.750. The lowest BCUT2D eigenvalue weighted by molar-refractivity contribution is -0.134. The summed E-state index contributed by atoms with van der Waals surface area (Å²) in [5, 5.41) is 0. The third-order valence-electron chi connectivity index (χ3n) is 1.05. The second kappa shape index (κ2) is 6.62. The number of rotatable bonds is 5. The fourth-order valence-corrected chi connectivity index (χ4v) is 0.497. The lowest BCUT2D eigenvalue weighted by Gasteiger charge is -2.05. The van der Waals surface area contributed by atoms with E-state index in [1.807, 2.05) is 13.8 Å². The molecule has 1 N–H and O–H groups in total. The van der Waals surface area contributed by atoms with Gasteiger partial charge in [0.25, 0.3) is 5.91 Å². The van der Waals surface area contributed by atoms with Gasteiger partial charge in [-0.2, -0.15) is 0 Å². The van der Waals surface area contributed by atoms with E-state index >= 15 is 0 Å². The molecule has 0 aliphatic heterocycles. The van der Waals surface area contributed by atoms with E-state index in [0.29, 0.717) is 12.5 Å². The van der Waals surface area contributed by atoms with Crippen LogP contribution in [0.3, 0.4) is 0 Å². The van der Waals surface area contributed by atoms with E-state index in [1.165, 1.54) is 0 Å². The molecule has 12 heavy (non-hydrogen) atoms. The smallest absolute Gasteiger partial charge is 0.251 e. The average Bonchev–Trinajstić information content (AvgIpc) is 2.00. The van der Waals surface area contributed by atoms with Gasteiger partial charge in [-0.05, 0) is 5.92 Å². The molecule has 0 aromatic carbocycles. The van der Waals surface area contributed by atoms with Crippen molar-refractivity contribution in [2.45, 2.75) is 20.3 Å². The number of hydroxylamine groups is 1. The summed E-state index contributed by atoms with van der Waals surface area (Å²) in [6.07, 6.45) is 0.210.